The van der Waals surface area contributed by atoms with E-state index in [0.717, 1.165) is 19.3 Å². The molecule has 3 N–H and O–H groups in total. The van der Waals surface area contributed by atoms with E-state index in [2.05, 4.69) is 40.4 Å². The minimum absolute atomic E-state index is 0.000555. The van der Waals surface area contributed by atoms with Gasteiger partial charge >= 0.3 is 0 Å². The predicted molar refractivity (Wildman–Crippen MR) is 123 cm³/mol. The van der Waals surface area contributed by atoms with Gasteiger partial charge in [-0.15, -0.1) is 6.58 Å². The molecule has 0 saturated heterocycles. The lowest BCUT2D eigenvalue weighted by Crippen LogP contribution is -2.53. The second kappa shape index (κ2) is 10.9. The van der Waals surface area contributed by atoms with Crippen molar-refractivity contribution in [2.24, 2.45) is 23.0 Å². The van der Waals surface area contributed by atoms with Crippen molar-refractivity contribution >= 4 is 20.0 Å². The summed E-state index contributed by atoms with van der Waals surface area (Å²) in [5.74, 6) is -1.13. The molecule has 0 spiro atoms. The first-order valence-electron chi connectivity index (χ1n) is 10.8. The number of primary amides is 1. The molecule has 0 aromatic carbocycles. The summed E-state index contributed by atoms with van der Waals surface area (Å²) in [6.45, 7) is 21.6. The number of rotatable bonds is 13. The number of allylic oxidation sites excluding steroid dienone is 1. The van der Waals surface area contributed by atoms with Crippen LogP contribution in [0, 0.1) is 17.3 Å². The molecule has 0 fully saturated rings. The Labute approximate surface area is 179 Å². The van der Waals surface area contributed by atoms with Gasteiger partial charge in [-0.1, -0.05) is 54.5 Å². The van der Waals surface area contributed by atoms with E-state index in [4.69, 9.17) is 10.2 Å². The highest BCUT2D eigenvalue weighted by Crippen LogP contribution is 2.41. The number of unbranched alkanes of at least 4 members (excludes halogenated alkanes) is 1. The van der Waals surface area contributed by atoms with E-state index in [9.17, 15) is 14.7 Å². The van der Waals surface area contributed by atoms with E-state index >= 15 is 0 Å². The molecule has 5 nitrogen and oxygen atoms in total. The van der Waals surface area contributed by atoms with Crippen LogP contribution in [0.5, 0.6) is 0 Å². The summed E-state index contributed by atoms with van der Waals surface area (Å²) in [7, 11) is -2.23. The molecule has 0 aliphatic carbocycles. The number of hydrogen-bond donors (Lipinski definition) is 2. The first-order chi connectivity index (χ1) is 13.0. The van der Waals surface area contributed by atoms with Crippen LogP contribution in [0.15, 0.2) is 12.7 Å². The second-order valence-electron chi connectivity index (χ2n) is 10.6. The molecule has 0 aliphatic heterocycles. The molecule has 1 amide bonds. The van der Waals surface area contributed by atoms with E-state index in [0.29, 0.717) is 0 Å². The van der Waals surface area contributed by atoms with Crippen LogP contribution in [0.1, 0.15) is 74.1 Å². The Morgan fingerprint density at radius 1 is 1.17 bits per heavy atom. The van der Waals surface area contributed by atoms with E-state index in [1.807, 2.05) is 26.8 Å². The molecule has 0 bridgehead atoms. The predicted octanol–water partition coefficient (Wildman–Crippen LogP) is 4.84. The van der Waals surface area contributed by atoms with Crippen LogP contribution in [0.4, 0.5) is 0 Å². The molecule has 29 heavy (non-hydrogen) atoms. The quantitative estimate of drug-likeness (QED) is 0.250. The monoisotopic (exact) mass is 427 g/mol. The SMILES string of the molecule is C=CCCCC(C)C(O)C(C)C(=O)C(C)(C)C(CC(N)=O)O[Si](C)(C)C(C)(C)C. The van der Waals surface area contributed by atoms with Crippen LogP contribution in [-0.4, -0.2) is 37.3 Å². The van der Waals surface area contributed by atoms with Gasteiger partial charge in [0, 0.05) is 11.3 Å². The van der Waals surface area contributed by atoms with Crippen molar-refractivity contribution < 1.29 is 19.1 Å². The lowest BCUT2D eigenvalue weighted by atomic mass is 9.73. The lowest BCUT2D eigenvalue weighted by molar-refractivity contribution is -0.142. The zero-order valence-electron chi connectivity index (χ0n) is 20.2. The maximum absolute atomic E-state index is 13.4. The molecule has 6 heteroatoms. The number of aliphatic hydroxyl groups excluding tert-OH is 1. The number of carbonyl (C=O) groups excluding carboxylic acids is 2. The van der Waals surface area contributed by atoms with Gasteiger partial charge in [0.1, 0.15) is 5.78 Å². The van der Waals surface area contributed by atoms with E-state index in [1.165, 1.54) is 0 Å². The number of Topliss-reactive ketones (excluding diaryl/α,β-unsaturated/α-hetero) is 1. The Bertz CT molecular complexity index is 566. The van der Waals surface area contributed by atoms with Gasteiger partial charge in [0.05, 0.1) is 18.6 Å². The van der Waals surface area contributed by atoms with Crippen molar-refractivity contribution in [3.63, 3.8) is 0 Å². The van der Waals surface area contributed by atoms with Crippen LogP contribution in [0.2, 0.25) is 18.1 Å². The molecular formula is C23H45NO4Si. The summed E-state index contributed by atoms with van der Waals surface area (Å²) < 4.78 is 6.49. The number of nitrogens with two attached hydrogens (primary N) is 1. The summed E-state index contributed by atoms with van der Waals surface area (Å²) in [5.41, 5.74) is 4.56. The second-order valence-corrected chi connectivity index (χ2v) is 15.4. The van der Waals surface area contributed by atoms with E-state index in [-0.39, 0.29) is 23.2 Å². The van der Waals surface area contributed by atoms with E-state index in [1.54, 1.807) is 6.92 Å². The van der Waals surface area contributed by atoms with Crippen LogP contribution in [0.3, 0.4) is 0 Å². The van der Waals surface area contributed by atoms with E-state index < -0.39 is 37.8 Å². The fourth-order valence-corrected chi connectivity index (χ4v) is 4.75. The molecule has 0 aliphatic rings. The van der Waals surface area contributed by atoms with Gasteiger partial charge in [-0.2, -0.15) is 0 Å². The van der Waals surface area contributed by atoms with Gasteiger partial charge in [0.2, 0.25) is 5.91 Å². The van der Waals surface area contributed by atoms with Crippen molar-refractivity contribution in [2.75, 3.05) is 0 Å². The Morgan fingerprint density at radius 3 is 2.10 bits per heavy atom. The molecule has 0 heterocycles. The number of amides is 1. The van der Waals surface area contributed by atoms with Crippen LogP contribution < -0.4 is 5.73 Å². The molecule has 0 saturated carbocycles. The van der Waals surface area contributed by atoms with Crippen molar-refractivity contribution in [1.82, 2.24) is 0 Å². The largest absolute Gasteiger partial charge is 0.412 e. The maximum Gasteiger partial charge on any atom is 0.220 e. The molecule has 0 aromatic rings. The summed E-state index contributed by atoms with van der Waals surface area (Å²) >= 11 is 0. The van der Waals surface area contributed by atoms with Gasteiger partial charge in [-0.25, -0.2) is 0 Å². The normalized spacial score (nSPS) is 17.3. The van der Waals surface area contributed by atoms with Crippen LogP contribution in [-0.2, 0) is 14.0 Å². The first kappa shape index (κ1) is 28.0. The maximum atomic E-state index is 13.4. The Hall–Kier alpha value is -0.983. The molecule has 4 unspecified atom stereocenters. The van der Waals surface area contributed by atoms with Crippen LogP contribution >= 0.6 is 0 Å². The third kappa shape index (κ3) is 7.98. The van der Waals surface area contributed by atoms with Crippen molar-refractivity contribution in [3.8, 4) is 0 Å². The topological polar surface area (TPSA) is 89.6 Å². The van der Waals surface area contributed by atoms with Crippen LogP contribution in [0.25, 0.3) is 0 Å². The average molecular weight is 428 g/mol. The fourth-order valence-electron chi connectivity index (χ4n) is 3.31. The minimum Gasteiger partial charge on any atom is -0.412 e. The molecule has 0 aromatic heterocycles. The minimum atomic E-state index is -2.23. The summed E-state index contributed by atoms with van der Waals surface area (Å²) in [4.78, 5) is 25.2. The third-order valence-electron chi connectivity index (χ3n) is 6.65. The van der Waals surface area contributed by atoms with Gasteiger partial charge < -0.3 is 15.3 Å². The highest BCUT2D eigenvalue weighted by atomic mass is 28.4. The first-order valence-corrected chi connectivity index (χ1v) is 13.7. The number of aliphatic hydroxyl groups is 1. The summed E-state index contributed by atoms with van der Waals surface area (Å²) in [6, 6.07) is 0. The molecular weight excluding hydrogens is 382 g/mol. The van der Waals surface area contributed by atoms with Gasteiger partial charge in [0.25, 0.3) is 0 Å². The Balaban J connectivity index is 5.58. The highest BCUT2D eigenvalue weighted by molar-refractivity contribution is 6.74. The van der Waals surface area contributed by atoms with Crippen molar-refractivity contribution in [1.29, 1.82) is 0 Å². The Morgan fingerprint density at radius 2 is 1.69 bits per heavy atom. The number of ketones is 1. The molecule has 0 rings (SSSR count). The highest BCUT2D eigenvalue weighted by Gasteiger charge is 2.47. The standard InChI is InChI=1S/C23H45NO4Si/c1-11-12-13-14-16(2)20(26)17(3)21(27)23(7,8)18(15-19(24)25)28-29(9,10)22(4,5)6/h11,16-18,20,26H,1,12-15H2,2-10H3,(H2,24,25). The molecule has 4 atom stereocenters. The fraction of sp³-hybridized carbons (Fsp3) is 0.826. The summed E-state index contributed by atoms with van der Waals surface area (Å²) in [5, 5.41) is 10.7. The third-order valence-corrected chi connectivity index (χ3v) is 11.1. The van der Waals surface area contributed by atoms with Gasteiger partial charge in [-0.3, -0.25) is 9.59 Å². The molecule has 0 radical (unpaired) electrons. The van der Waals surface area contributed by atoms with Crippen molar-refractivity contribution in [2.45, 2.75) is 104 Å². The zero-order valence-corrected chi connectivity index (χ0v) is 21.2. The Kier molecular flexibility index (Phi) is 10.5. The average Bonchev–Trinajstić information content (AvgIpc) is 2.57. The summed E-state index contributed by atoms with van der Waals surface area (Å²) in [6.07, 6.45) is 3.16. The number of carbonyl (C=O) groups is 2. The van der Waals surface area contributed by atoms with Gasteiger partial charge in [-0.05, 0) is 43.3 Å². The lowest BCUT2D eigenvalue weighted by Gasteiger charge is -2.44. The smallest absolute Gasteiger partial charge is 0.220 e. The van der Waals surface area contributed by atoms with Gasteiger partial charge in [0.15, 0.2) is 8.32 Å². The zero-order chi connectivity index (χ0) is 23.2. The van der Waals surface area contributed by atoms with Crippen molar-refractivity contribution in [3.05, 3.63) is 12.7 Å². The number of hydrogen-bond acceptors (Lipinski definition) is 4. The molecule has 170 valence electrons.